The number of phenolic OH excluding ortho intramolecular Hbond substituents is 1. The Hall–Kier alpha value is -4.00. The molecule has 0 aliphatic heterocycles. The third-order valence-corrected chi connectivity index (χ3v) is 12.6. The number of aliphatic carboxylic acids is 1. The van der Waals surface area contributed by atoms with Gasteiger partial charge in [-0.2, -0.15) is 0 Å². The van der Waals surface area contributed by atoms with Gasteiger partial charge in [0.1, 0.15) is 17.2 Å². The summed E-state index contributed by atoms with van der Waals surface area (Å²) in [5.41, 5.74) is -1.67. The van der Waals surface area contributed by atoms with Crippen molar-refractivity contribution in [3.63, 3.8) is 0 Å². The van der Waals surface area contributed by atoms with E-state index in [1.807, 2.05) is 55.4 Å². The quantitative estimate of drug-likeness (QED) is 0.0439. The second-order valence-electron chi connectivity index (χ2n) is 19.1. The van der Waals surface area contributed by atoms with Crippen LogP contribution in [0.15, 0.2) is 49.8 Å². The van der Waals surface area contributed by atoms with E-state index in [0.717, 1.165) is 32.7 Å². The molecule has 0 bridgehead atoms. The molecule has 0 aromatic heterocycles. The molecule has 0 fully saturated rings. The number of phenols is 1. The molecule has 0 atom stereocenters. The number of hydrogen-bond donors (Lipinski definition) is 2. The molecule has 0 saturated heterocycles. The number of halogens is 4. The van der Waals surface area contributed by atoms with Crippen LogP contribution in [0.4, 0.5) is 0 Å². The Balaban J connectivity index is 0.000000971. The number of aromatic hydroxyl groups is 1. The Morgan fingerprint density at radius 2 is 0.819 bits per heavy atom. The molecule has 72 heavy (non-hydrogen) atoms. The highest BCUT2D eigenvalue weighted by atomic mass is 79.9. The van der Waals surface area contributed by atoms with Gasteiger partial charge in [-0.1, -0.05) is 27.7 Å². The van der Waals surface area contributed by atoms with Crippen LogP contribution < -0.4 is 37.9 Å². The molecule has 0 radical (unpaired) electrons. The molecule has 0 unspecified atom stereocenters. The first-order valence-corrected chi connectivity index (χ1v) is 26.4. The van der Waals surface area contributed by atoms with Crippen LogP contribution in [0.2, 0.25) is 0 Å². The zero-order chi connectivity index (χ0) is 55.4. The summed E-state index contributed by atoms with van der Waals surface area (Å²) in [6.45, 7) is 21.0. The van der Waals surface area contributed by atoms with Crippen molar-refractivity contribution in [3.8, 4) is 51.7 Å². The molecule has 15 nitrogen and oxygen atoms in total. The third-order valence-electron chi connectivity index (χ3n) is 10.5. The first-order chi connectivity index (χ1) is 33.6. The van der Waals surface area contributed by atoms with E-state index < -0.39 is 22.2 Å². The number of carboxylic acids is 1. The molecule has 3 aromatic rings. The van der Waals surface area contributed by atoms with Crippen LogP contribution in [0.5, 0.6) is 51.7 Å². The second kappa shape index (κ2) is 34.5. The van der Waals surface area contributed by atoms with E-state index in [1.165, 1.54) is 20.3 Å². The molecule has 3 rings (SSSR count). The summed E-state index contributed by atoms with van der Waals surface area (Å²) in [6, 6.07) is 10.2. The molecule has 0 aliphatic carbocycles. The van der Waals surface area contributed by atoms with Crippen LogP contribution in [0.25, 0.3) is 0 Å². The Morgan fingerprint density at radius 3 is 1.14 bits per heavy atom. The predicted octanol–water partition coefficient (Wildman–Crippen LogP) is 14.0. The number of methoxy groups -OCH3 is 6. The largest absolute Gasteiger partial charge is 0.504 e. The Morgan fingerprint density at radius 1 is 0.500 bits per heavy atom. The van der Waals surface area contributed by atoms with Crippen molar-refractivity contribution < 1.29 is 72.0 Å². The minimum atomic E-state index is -0.801. The number of ether oxygens (including phenoxy) is 10. The monoisotopic (exact) mass is 1230 g/mol. The number of carboxylic acid groups (broad SMARTS) is 1. The third kappa shape index (κ3) is 25.3. The summed E-state index contributed by atoms with van der Waals surface area (Å²) in [5.74, 6) is 5.05. The van der Waals surface area contributed by atoms with Gasteiger partial charge in [-0.05, 0) is 140 Å². The number of benzene rings is 3. The van der Waals surface area contributed by atoms with Crippen molar-refractivity contribution in [1.82, 2.24) is 0 Å². The minimum absolute atomic E-state index is 0.0672. The average Bonchev–Trinajstić information content (AvgIpc) is 3.33. The van der Waals surface area contributed by atoms with Crippen LogP contribution in [0.1, 0.15) is 108 Å². The van der Waals surface area contributed by atoms with Gasteiger partial charge in [0.05, 0.1) is 98.7 Å². The zero-order valence-electron chi connectivity index (χ0n) is 45.1. The molecule has 410 valence electrons. The van der Waals surface area contributed by atoms with Gasteiger partial charge in [-0.15, -0.1) is 11.6 Å². The fraction of sp³-hybridized carbons (Fsp3) is 0.604. The normalized spacial score (nSPS) is 11.1. The van der Waals surface area contributed by atoms with Gasteiger partial charge in [0, 0.05) is 42.3 Å². The van der Waals surface area contributed by atoms with Crippen molar-refractivity contribution >= 4 is 77.3 Å². The van der Waals surface area contributed by atoms with Crippen LogP contribution in [-0.2, 0) is 23.9 Å². The van der Waals surface area contributed by atoms with Crippen LogP contribution in [-0.4, -0.2) is 103 Å². The maximum Gasteiger partial charge on any atom is 0.311 e. The van der Waals surface area contributed by atoms with Gasteiger partial charge in [0.2, 0.25) is 0 Å². The highest BCUT2D eigenvalue weighted by Crippen LogP contribution is 2.40. The summed E-state index contributed by atoms with van der Waals surface area (Å²) in [7, 11) is 9.36. The zero-order valence-corrected chi connectivity index (χ0v) is 50.6. The fourth-order valence-corrected chi connectivity index (χ4v) is 7.41. The lowest BCUT2D eigenvalue weighted by Crippen LogP contribution is -2.28. The minimum Gasteiger partial charge on any atom is -0.504 e. The average molecular weight is 1230 g/mol. The molecule has 0 heterocycles. The Labute approximate surface area is 458 Å². The number of carbonyl (C=O) groups excluding carboxylic acids is 2. The van der Waals surface area contributed by atoms with Crippen molar-refractivity contribution in [2.45, 2.75) is 108 Å². The first kappa shape index (κ1) is 68.0. The summed E-state index contributed by atoms with van der Waals surface area (Å²) >= 11 is 15.7. The predicted molar refractivity (Wildman–Crippen MR) is 293 cm³/mol. The highest BCUT2D eigenvalue weighted by Gasteiger charge is 2.30. The molecule has 0 spiro atoms. The summed E-state index contributed by atoms with van der Waals surface area (Å²) in [5, 5.41) is 18.4. The van der Waals surface area contributed by atoms with Crippen LogP contribution >= 0.6 is 59.4 Å². The maximum absolute atomic E-state index is 12.2. The second-order valence-corrected chi connectivity index (χ2v) is 22.0. The fourth-order valence-electron chi connectivity index (χ4n) is 5.82. The number of esters is 2. The Bertz CT molecular complexity index is 2060. The van der Waals surface area contributed by atoms with Crippen molar-refractivity contribution in [1.29, 1.82) is 0 Å². The van der Waals surface area contributed by atoms with E-state index in [-0.39, 0.29) is 17.7 Å². The molecule has 0 aliphatic rings. The van der Waals surface area contributed by atoms with Gasteiger partial charge in [-0.25, -0.2) is 0 Å². The molecule has 0 amide bonds. The van der Waals surface area contributed by atoms with E-state index in [4.69, 9.17) is 64.1 Å². The van der Waals surface area contributed by atoms with Crippen molar-refractivity contribution in [3.05, 3.63) is 49.8 Å². The molecular weight excluding hydrogens is 1150 g/mol. The van der Waals surface area contributed by atoms with E-state index in [2.05, 4.69) is 47.8 Å². The van der Waals surface area contributed by atoms with Crippen LogP contribution in [0.3, 0.4) is 0 Å². The SMILES string of the molecule is CC(C)COC(=O)C(C)(C)CCCCl.COc1cc(Br)c(OC)cc1O.COc1cc(OCCCC(C)(C)C(=O)O)c(OC)cc1Br.COc1cc(OCCCC(C)(C)C(=O)OCC(C)C)c(OC)cc1Br. The van der Waals surface area contributed by atoms with Gasteiger partial charge in [-0.3, -0.25) is 14.4 Å². The van der Waals surface area contributed by atoms with Gasteiger partial charge >= 0.3 is 17.9 Å². The maximum atomic E-state index is 12.2. The molecule has 3 aromatic carbocycles. The molecular formula is C53H80Br3ClO15. The summed E-state index contributed by atoms with van der Waals surface area (Å²) in [4.78, 5) is 34.8. The van der Waals surface area contributed by atoms with E-state index >= 15 is 0 Å². The van der Waals surface area contributed by atoms with Gasteiger partial charge in [0.25, 0.3) is 0 Å². The topological polar surface area (TPSA) is 184 Å². The number of alkyl halides is 1. The molecule has 2 N–H and O–H groups in total. The Kier molecular flexibility index (Phi) is 32.6. The van der Waals surface area contributed by atoms with Gasteiger partial charge in [0.15, 0.2) is 34.5 Å². The van der Waals surface area contributed by atoms with E-state index in [1.54, 1.807) is 72.6 Å². The summed E-state index contributed by atoms with van der Waals surface area (Å²) in [6.07, 6.45) is 4.23. The lowest BCUT2D eigenvalue weighted by Gasteiger charge is -2.23. The van der Waals surface area contributed by atoms with Crippen molar-refractivity contribution in [2.24, 2.45) is 28.1 Å². The number of hydrogen-bond acceptors (Lipinski definition) is 14. The lowest BCUT2D eigenvalue weighted by molar-refractivity contribution is -0.156. The molecule has 19 heteroatoms. The van der Waals surface area contributed by atoms with Crippen LogP contribution in [0, 0.1) is 28.1 Å². The standard InChI is InChI=1S/C19H29BrO5.C15H21BrO5.C11H21ClO2.C8H9BrO3/c1-13(2)12-25-18(21)19(3,4)8-7-9-24-17-11-15(22-5)14(20)10-16(17)23-6;1-15(2,14(17)18)6-5-7-21-13-9-11(19-3)10(16)8-12(13)20-4;1-9(2)8-14-10(13)11(3,4)6-5-7-12;1-11-7-4-6(10)8(12-2)3-5(7)9/h10-11,13H,7-9,12H2,1-6H3;8-9H,5-7H2,1-4H3,(H,17,18);9H,5-8H2,1-4H3;3-4,10H,1-2H3. The van der Waals surface area contributed by atoms with E-state index in [0.29, 0.717) is 109 Å². The van der Waals surface area contributed by atoms with E-state index in [9.17, 15) is 19.5 Å². The van der Waals surface area contributed by atoms with Crippen molar-refractivity contribution in [2.75, 3.05) is 75.0 Å². The summed E-state index contributed by atoms with van der Waals surface area (Å²) < 4.78 is 55.3. The molecule has 0 saturated carbocycles. The number of rotatable bonds is 26. The number of carbonyl (C=O) groups is 3. The smallest absolute Gasteiger partial charge is 0.311 e. The highest BCUT2D eigenvalue weighted by molar-refractivity contribution is 9.11. The first-order valence-electron chi connectivity index (χ1n) is 23.4. The lowest BCUT2D eigenvalue weighted by atomic mass is 9.88. The van der Waals surface area contributed by atoms with Gasteiger partial charge < -0.3 is 57.6 Å².